The third-order valence-corrected chi connectivity index (χ3v) is 6.47. The van der Waals surface area contributed by atoms with Crippen LogP contribution in [-0.2, 0) is 27.7 Å². The third-order valence-electron chi connectivity index (χ3n) is 5.34. The van der Waals surface area contributed by atoms with Crippen molar-refractivity contribution >= 4 is 21.6 Å². The van der Waals surface area contributed by atoms with Crippen LogP contribution in [0.3, 0.4) is 0 Å². The van der Waals surface area contributed by atoms with Gasteiger partial charge in [0.15, 0.2) is 0 Å². The normalized spacial score (nSPS) is 14.0. The van der Waals surface area contributed by atoms with Gasteiger partial charge in [0.2, 0.25) is 15.9 Å². The minimum absolute atomic E-state index is 0.239. The van der Waals surface area contributed by atoms with Gasteiger partial charge in [-0.15, -0.1) is 0 Å². The molecule has 0 aromatic heterocycles. The van der Waals surface area contributed by atoms with Crippen LogP contribution in [0.5, 0.6) is 11.5 Å². The van der Waals surface area contributed by atoms with Crippen LogP contribution in [0.4, 0.5) is 5.69 Å². The van der Waals surface area contributed by atoms with E-state index < -0.39 is 15.9 Å². The predicted molar refractivity (Wildman–Crippen MR) is 117 cm³/mol. The second-order valence-corrected chi connectivity index (χ2v) is 9.39. The van der Waals surface area contributed by atoms with Gasteiger partial charge < -0.3 is 14.8 Å². The molecule has 7 nitrogen and oxygen atoms in total. The lowest BCUT2D eigenvalue weighted by molar-refractivity contribution is -0.120. The zero-order valence-electron chi connectivity index (χ0n) is 17.8. The molecule has 30 heavy (non-hydrogen) atoms. The van der Waals surface area contributed by atoms with Gasteiger partial charge in [0, 0.05) is 6.07 Å². The summed E-state index contributed by atoms with van der Waals surface area (Å²) in [6, 6.07) is 10.8. The molecule has 0 unspecified atom stereocenters. The second kappa shape index (κ2) is 8.95. The monoisotopic (exact) mass is 432 g/mol. The van der Waals surface area contributed by atoms with Crippen molar-refractivity contribution in [1.29, 1.82) is 0 Å². The number of methoxy groups -OCH3 is 2. The van der Waals surface area contributed by atoms with Crippen LogP contribution in [-0.4, -0.2) is 41.3 Å². The van der Waals surface area contributed by atoms with E-state index in [9.17, 15) is 13.2 Å². The molecule has 1 aliphatic rings. The summed E-state index contributed by atoms with van der Waals surface area (Å²) in [6.45, 7) is 1.53. The van der Waals surface area contributed by atoms with Crippen LogP contribution >= 0.6 is 0 Å². The Morgan fingerprint density at radius 2 is 1.83 bits per heavy atom. The maximum Gasteiger partial charge on any atom is 0.241 e. The molecule has 0 radical (unpaired) electrons. The molecule has 2 aromatic rings. The van der Waals surface area contributed by atoms with Crippen LogP contribution in [0.1, 0.15) is 36.1 Å². The Bertz CT molecular complexity index is 1040. The number of amides is 1. The highest BCUT2D eigenvalue weighted by atomic mass is 32.2. The molecule has 162 valence electrons. The molecule has 0 spiro atoms. The first-order valence-corrected chi connectivity index (χ1v) is 11.7. The maximum atomic E-state index is 12.8. The highest BCUT2D eigenvalue weighted by Crippen LogP contribution is 2.33. The Balaban J connectivity index is 1.80. The maximum absolute atomic E-state index is 12.8. The summed E-state index contributed by atoms with van der Waals surface area (Å²) in [6.07, 6.45) is 4.37. The molecule has 0 aliphatic heterocycles. The summed E-state index contributed by atoms with van der Waals surface area (Å²) in [5, 5.41) is 2.91. The predicted octanol–water partition coefficient (Wildman–Crippen LogP) is 2.84. The summed E-state index contributed by atoms with van der Waals surface area (Å²) < 4.78 is 36.5. The number of carbonyl (C=O) groups is 1. The summed E-state index contributed by atoms with van der Waals surface area (Å²) in [5.41, 5.74) is 3.95. The highest BCUT2D eigenvalue weighted by molar-refractivity contribution is 7.92. The number of rotatable bonds is 8. The molecule has 1 N–H and O–H groups in total. The van der Waals surface area contributed by atoms with E-state index in [1.165, 1.54) is 31.4 Å². The van der Waals surface area contributed by atoms with Crippen LogP contribution < -0.4 is 19.1 Å². The SMILES string of the molecule is COc1ccc(OC)c(N(CC(=O)N[C@H](C)c2ccc3c(c2)CCC3)S(C)(=O)=O)c1. The molecule has 8 heteroatoms. The molecule has 2 aromatic carbocycles. The average Bonchev–Trinajstić information content (AvgIpc) is 3.18. The van der Waals surface area contributed by atoms with Crippen molar-refractivity contribution in [1.82, 2.24) is 5.32 Å². The number of nitrogens with one attached hydrogen (secondary N) is 1. The highest BCUT2D eigenvalue weighted by Gasteiger charge is 2.25. The number of nitrogens with zero attached hydrogens (tertiary/aromatic N) is 1. The number of aryl methyl sites for hydroxylation is 2. The smallest absolute Gasteiger partial charge is 0.241 e. The third kappa shape index (κ3) is 4.87. The molecule has 0 saturated heterocycles. The summed E-state index contributed by atoms with van der Waals surface area (Å²) >= 11 is 0. The zero-order valence-corrected chi connectivity index (χ0v) is 18.6. The molecule has 1 atom stereocenters. The van der Waals surface area contributed by atoms with Crippen molar-refractivity contribution in [3.8, 4) is 11.5 Å². The molecular weight excluding hydrogens is 404 g/mol. The minimum Gasteiger partial charge on any atom is -0.497 e. The number of anilines is 1. The van der Waals surface area contributed by atoms with Gasteiger partial charge in [0.25, 0.3) is 0 Å². The average molecular weight is 433 g/mol. The Morgan fingerprint density at radius 3 is 2.50 bits per heavy atom. The van der Waals surface area contributed by atoms with Gasteiger partial charge >= 0.3 is 0 Å². The van der Waals surface area contributed by atoms with Crippen molar-refractivity contribution < 1.29 is 22.7 Å². The van der Waals surface area contributed by atoms with Gasteiger partial charge in [-0.25, -0.2) is 8.42 Å². The first kappa shape index (κ1) is 22.0. The first-order chi connectivity index (χ1) is 14.2. The summed E-state index contributed by atoms with van der Waals surface area (Å²) in [7, 11) is -0.808. The van der Waals surface area contributed by atoms with Crippen LogP contribution in [0.2, 0.25) is 0 Å². The Kier molecular flexibility index (Phi) is 6.55. The van der Waals surface area contributed by atoms with E-state index in [0.717, 1.165) is 35.4 Å². The standard InChI is InChI=1S/C22H28N2O5S/c1-15(17-9-8-16-6-5-7-18(16)12-17)23-22(25)14-24(30(4,26)27)20-13-19(28-2)10-11-21(20)29-3/h8-13,15H,5-7,14H2,1-4H3,(H,23,25)/t15-/m1/s1. The largest absolute Gasteiger partial charge is 0.497 e. The number of fused-ring (bicyclic) bond motifs is 1. The first-order valence-electron chi connectivity index (χ1n) is 9.83. The fourth-order valence-electron chi connectivity index (χ4n) is 3.73. The quantitative estimate of drug-likeness (QED) is 0.693. The van der Waals surface area contributed by atoms with Crippen LogP contribution in [0.15, 0.2) is 36.4 Å². The van der Waals surface area contributed by atoms with Gasteiger partial charge in [0.1, 0.15) is 18.0 Å². The van der Waals surface area contributed by atoms with Crippen LogP contribution in [0, 0.1) is 0 Å². The Hall–Kier alpha value is -2.74. The van der Waals surface area contributed by atoms with Gasteiger partial charge in [-0.3, -0.25) is 9.10 Å². The van der Waals surface area contributed by atoms with E-state index in [2.05, 4.69) is 17.4 Å². The van der Waals surface area contributed by atoms with E-state index in [4.69, 9.17) is 9.47 Å². The lowest BCUT2D eigenvalue weighted by Gasteiger charge is -2.25. The topological polar surface area (TPSA) is 84.9 Å². The van der Waals surface area contributed by atoms with Crippen molar-refractivity contribution in [2.45, 2.75) is 32.2 Å². The number of hydrogen-bond donors (Lipinski definition) is 1. The summed E-state index contributed by atoms with van der Waals surface area (Å²) in [5.74, 6) is 0.394. The molecule has 1 amide bonds. The van der Waals surface area contributed by atoms with Gasteiger partial charge in [0.05, 0.1) is 32.2 Å². The van der Waals surface area contributed by atoms with Gasteiger partial charge in [-0.1, -0.05) is 18.2 Å². The molecule has 0 bridgehead atoms. The van der Waals surface area contributed by atoms with Crippen molar-refractivity contribution in [3.05, 3.63) is 53.1 Å². The van der Waals surface area contributed by atoms with Crippen LogP contribution in [0.25, 0.3) is 0 Å². The molecule has 1 aliphatic carbocycles. The van der Waals surface area contributed by atoms with Crippen molar-refractivity contribution in [2.75, 3.05) is 31.3 Å². The fraction of sp³-hybridized carbons (Fsp3) is 0.409. The molecule has 3 rings (SSSR count). The van der Waals surface area contributed by atoms with E-state index >= 15 is 0 Å². The number of hydrogen-bond acceptors (Lipinski definition) is 5. The molecular formula is C22H28N2O5S. The number of ether oxygens (including phenoxy) is 2. The van der Waals surface area contributed by atoms with E-state index in [1.54, 1.807) is 12.1 Å². The Labute approximate surface area is 178 Å². The van der Waals surface area contributed by atoms with Gasteiger partial charge in [-0.2, -0.15) is 0 Å². The molecule has 0 saturated carbocycles. The van der Waals surface area contributed by atoms with E-state index in [-0.39, 0.29) is 18.3 Å². The fourth-order valence-corrected chi connectivity index (χ4v) is 4.59. The molecule has 0 heterocycles. The van der Waals surface area contributed by atoms with E-state index in [1.807, 2.05) is 13.0 Å². The minimum atomic E-state index is -3.74. The van der Waals surface area contributed by atoms with E-state index in [0.29, 0.717) is 11.5 Å². The molecule has 0 fully saturated rings. The number of sulfonamides is 1. The van der Waals surface area contributed by atoms with Crippen molar-refractivity contribution in [3.63, 3.8) is 0 Å². The van der Waals surface area contributed by atoms with Crippen molar-refractivity contribution in [2.24, 2.45) is 0 Å². The number of carbonyl (C=O) groups excluding carboxylic acids is 1. The van der Waals surface area contributed by atoms with Gasteiger partial charge in [-0.05, 0) is 55.0 Å². The second-order valence-electron chi connectivity index (χ2n) is 7.48. The summed E-state index contributed by atoms with van der Waals surface area (Å²) in [4.78, 5) is 12.8. The Morgan fingerprint density at radius 1 is 1.10 bits per heavy atom. The lowest BCUT2D eigenvalue weighted by atomic mass is 10.0. The lowest BCUT2D eigenvalue weighted by Crippen LogP contribution is -2.41. The number of benzene rings is 2. The zero-order chi connectivity index (χ0) is 21.9.